The van der Waals surface area contributed by atoms with Crippen LogP contribution in [0.25, 0.3) is 11.2 Å². The van der Waals surface area contributed by atoms with Crippen molar-refractivity contribution in [2.24, 2.45) is 0 Å². The van der Waals surface area contributed by atoms with Gasteiger partial charge in [-0.05, 0) is 42.8 Å². The number of thioether (sulfide) groups is 1. The standard InChI is InChI=1S/C18H21ClN6OS/c1-4-8-25-16-14(11(3)22-18(19)24-16)23-15(17(25)26)21-9-12-6-7-13(10-20-12)27-5-2/h6-7,10H,4-5,8-9H2,1-3H3,(H,21,23). The van der Waals surface area contributed by atoms with Crippen LogP contribution in [0.15, 0.2) is 28.0 Å². The van der Waals surface area contributed by atoms with Crippen LogP contribution in [0.2, 0.25) is 5.28 Å². The second-order valence-corrected chi connectivity index (χ2v) is 7.61. The summed E-state index contributed by atoms with van der Waals surface area (Å²) in [6.45, 7) is 6.84. The Balaban J connectivity index is 1.94. The second kappa shape index (κ2) is 8.67. The minimum atomic E-state index is -0.225. The van der Waals surface area contributed by atoms with Crippen molar-refractivity contribution >= 4 is 40.3 Å². The first kappa shape index (κ1) is 19.6. The molecule has 0 radical (unpaired) electrons. The maximum Gasteiger partial charge on any atom is 0.294 e. The summed E-state index contributed by atoms with van der Waals surface area (Å²) in [5.41, 5.74) is 2.28. The van der Waals surface area contributed by atoms with E-state index in [0.29, 0.717) is 29.9 Å². The molecule has 0 saturated carbocycles. The van der Waals surface area contributed by atoms with Crippen LogP contribution in [0, 0.1) is 6.92 Å². The second-order valence-electron chi connectivity index (χ2n) is 5.94. The Morgan fingerprint density at radius 2 is 2.04 bits per heavy atom. The van der Waals surface area contributed by atoms with Crippen molar-refractivity contribution in [3.8, 4) is 0 Å². The molecule has 7 nitrogen and oxygen atoms in total. The first-order valence-corrected chi connectivity index (χ1v) is 10.2. The quantitative estimate of drug-likeness (QED) is 0.474. The predicted octanol–water partition coefficient (Wildman–Crippen LogP) is 3.68. The van der Waals surface area contributed by atoms with Gasteiger partial charge in [0.2, 0.25) is 5.28 Å². The third-order valence-corrected chi connectivity index (χ3v) is 4.96. The van der Waals surface area contributed by atoms with E-state index in [9.17, 15) is 4.79 Å². The van der Waals surface area contributed by atoms with Crippen LogP contribution in [-0.4, -0.2) is 30.3 Å². The van der Waals surface area contributed by atoms with Crippen molar-refractivity contribution in [1.29, 1.82) is 0 Å². The topological polar surface area (TPSA) is 85.6 Å². The van der Waals surface area contributed by atoms with Crippen molar-refractivity contribution in [3.05, 3.63) is 45.4 Å². The first-order valence-electron chi connectivity index (χ1n) is 8.79. The SMILES string of the molecule is CCCn1c(=O)c(NCc2ccc(SCC)cn2)nc2c(C)nc(Cl)nc21. The van der Waals surface area contributed by atoms with Crippen LogP contribution in [0.1, 0.15) is 31.7 Å². The first-order chi connectivity index (χ1) is 13.0. The van der Waals surface area contributed by atoms with Gasteiger partial charge in [0, 0.05) is 17.6 Å². The highest BCUT2D eigenvalue weighted by Crippen LogP contribution is 2.18. The summed E-state index contributed by atoms with van der Waals surface area (Å²) in [6, 6.07) is 3.98. The number of hydrogen-bond acceptors (Lipinski definition) is 7. The summed E-state index contributed by atoms with van der Waals surface area (Å²) in [5.74, 6) is 1.27. The predicted molar refractivity (Wildman–Crippen MR) is 110 cm³/mol. The number of aryl methyl sites for hydroxylation is 2. The molecule has 0 aromatic carbocycles. The third-order valence-electron chi connectivity index (χ3n) is 3.93. The Labute approximate surface area is 166 Å². The Morgan fingerprint density at radius 1 is 1.22 bits per heavy atom. The van der Waals surface area contributed by atoms with E-state index in [0.717, 1.165) is 22.8 Å². The Kier molecular flexibility index (Phi) is 6.28. The van der Waals surface area contributed by atoms with Gasteiger partial charge in [-0.15, -0.1) is 11.8 Å². The molecule has 3 heterocycles. The molecule has 0 aliphatic carbocycles. The monoisotopic (exact) mass is 404 g/mol. The van der Waals surface area contributed by atoms with Gasteiger partial charge >= 0.3 is 0 Å². The highest BCUT2D eigenvalue weighted by molar-refractivity contribution is 7.99. The maximum atomic E-state index is 12.9. The van der Waals surface area contributed by atoms with Crippen molar-refractivity contribution in [1.82, 2.24) is 24.5 Å². The molecule has 0 spiro atoms. The summed E-state index contributed by atoms with van der Waals surface area (Å²) in [4.78, 5) is 31.3. The summed E-state index contributed by atoms with van der Waals surface area (Å²) in [7, 11) is 0. The van der Waals surface area contributed by atoms with E-state index in [4.69, 9.17) is 11.6 Å². The molecule has 142 valence electrons. The smallest absolute Gasteiger partial charge is 0.294 e. The Bertz CT molecular complexity index is 1010. The highest BCUT2D eigenvalue weighted by Gasteiger charge is 2.15. The number of nitrogens with one attached hydrogen (secondary N) is 1. The molecule has 0 aliphatic heterocycles. The molecule has 0 aliphatic rings. The Hall–Kier alpha value is -2.19. The molecule has 0 bridgehead atoms. The number of hydrogen-bond donors (Lipinski definition) is 1. The summed E-state index contributed by atoms with van der Waals surface area (Å²) >= 11 is 7.71. The molecule has 0 amide bonds. The average Bonchev–Trinajstić information content (AvgIpc) is 2.64. The lowest BCUT2D eigenvalue weighted by atomic mass is 10.3. The molecule has 0 saturated heterocycles. The molecule has 0 fully saturated rings. The lowest BCUT2D eigenvalue weighted by molar-refractivity contribution is 0.667. The number of aromatic nitrogens is 5. The lowest BCUT2D eigenvalue weighted by Crippen LogP contribution is -2.26. The molecule has 0 unspecified atom stereocenters. The lowest BCUT2D eigenvalue weighted by Gasteiger charge is -2.13. The molecule has 0 atom stereocenters. The minimum absolute atomic E-state index is 0.112. The molecule has 3 aromatic rings. The van der Waals surface area contributed by atoms with Crippen molar-refractivity contribution < 1.29 is 0 Å². The molecular formula is C18H21ClN6OS. The molecule has 27 heavy (non-hydrogen) atoms. The molecule has 1 N–H and O–H groups in total. The normalized spacial score (nSPS) is 11.1. The van der Waals surface area contributed by atoms with Crippen LogP contribution in [0.3, 0.4) is 0 Å². The van der Waals surface area contributed by atoms with Crippen LogP contribution < -0.4 is 10.9 Å². The third kappa shape index (κ3) is 4.39. The van der Waals surface area contributed by atoms with Gasteiger partial charge < -0.3 is 5.32 Å². The number of anilines is 1. The van der Waals surface area contributed by atoms with Gasteiger partial charge in [0.15, 0.2) is 11.5 Å². The van der Waals surface area contributed by atoms with E-state index >= 15 is 0 Å². The number of halogens is 1. The van der Waals surface area contributed by atoms with E-state index in [2.05, 4.69) is 32.2 Å². The van der Waals surface area contributed by atoms with Crippen LogP contribution in [-0.2, 0) is 13.1 Å². The summed E-state index contributed by atoms with van der Waals surface area (Å²) < 4.78 is 1.60. The van der Waals surface area contributed by atoms with Gasteiger partial charge in [-0.2, -0.15) is 4.98 Å². The molecule has 3 aromatic heterocycles. The summed E-state index contributed by atoms with van der Waals surface area (Å²) in [6.07, 6.45) is 2.63. The number of nitrogens with zero attached hydrogens (tertiary/aromatic N) is 5. The Morgan fingerprint density at radius 3 is 2.70 bits per heavy atom. The average molecular weight is 405 g/mol. The van der Waals surface area contributed by atoms with Crippen molar-refractivity contribution in [3.63, 3.8) is 0 Å². The van der Waals surface area contributed by atoms with Crippen molar-refractivity contribution in [2.45, 2.75) is 45.2 Å². The van der Waals surface area contributed by atoms with Gasteiger partial charge in [-0.1, -0.05) is 13.8 Å². The molecule has 3 rings (SSSR count). The van der Waals surface area contributed by atoms with Gasteiger partial charge in [-0.3, -0.25) is 14.3 Å². The molecular weight excluding hydrogens is 384 g/mol. The van der Waals surface area contributed by atoms with Gasteiger partial charge in [0.1, 0.15) is 5.52 Å². The zero-order valence-electron chi connectivity index (χ0n) is 15.5. The fraction of sp³-hybridized carbons (Fsp3) is 0.389. The van der Waals surface area contributed by atoms with Crippen LogP contribution in [0.5, 0.6) is 0 Å². The van der Waals surface area contributed by atoms with Crippen LogP contribution in [0.4, 0.5) is 5.82 Å². The largest absolute Gasteiger partial charge is 0.360 e. The van der Waals surface area contributed by atoms with E-state index in [1.807, 2.05) is 25.3 Å². The fourth-order valence-electron chi connectivity index (χ4n) is 2.71. The fourth-order valence-corrected chi connectivity index (χ4v) is 3.54. The maximum absolute atomic E-state index is 12.9. The van der Waals surface area contributed by atoms with E-state index in [1.54, 1.807) is 23.3 Å². The number of pyridine rings is 1. The zero-order valence-corrected chi connectivity index (χ0v) is 17.1. The van der Waals surface area contributed by atoms with Gasteiger partial charge in [0.05, 0.1) is 17.9 Å². The van der Waals surface area contributed by atoms with E-state index < -0.39 is 0 Å². The van der Waals surface area contributed by atoms with Crippen LogP contribution >= 0.6 is 23.4 Å². The molecule has 9 heteroatoms. The number of fused-ring (bicyclic) bond motifs is 1. The van der Waals surface area contributed by atoms with E-state index in [-0.39, 0.29) is 16.7 Å². The van der Waals surface area contributed by atoms with Gasteiger partial charge in [0.25, 0.3) is 5.56 Å². The van der Waals surface area contributed by atoms with E-state index in [1.165, 1.54) is 0 Å². The number of rotatable bonds is 7. The summed E-state index contributed by atoms with van der Waals surface area (Å²) in [5, 5.41) is 3.22. The zero-order chi connectivity index (χ0) is 19.4. The van der Waals surface area contributed by atoms with Crippen molar-refractivity contribution in [2.75, 3.05) is 11.1 Å². The highest BCUT2D eigenvalue weighted by atomic mass is 35.5. The minimum Gasteiger partial charge on any atom is -0.360 e. The van der Waals surface area contributed by atoms with Gasteiger partial charge in [-0.25, -0.2) is 9.97 Å².